The molecule has 0 spiro atoms. The molecule has 0 radical (unpaired) electrons. The highest BCUT2D eigenvalue weighted by atomic mass is 16.5. The minimum absolute atomic E-state index is 0.294. The van der Waals surface area contributed by atoms with Crippen LogP contribution in [0, 0.1) is 0 Å². The van der Waals surface area contributed by atoms with Gasteiger partial charge in [0.05, 0.1) is 12.2 Å². The van der Waals surface area contributed by atoms with Crippen molar-refractivity contribution in [3.63, 3.8) is 0 Å². The van der Waals surface area contributed by atoms with Gasteiger partial charge in [-0.2, -0.15) is 0 Å². The van der Waals surface area contributed by atoms with Crippen LogP contribution < -0.4 is 10.5 Å². The maximum absolute atomic E-state index is 12.1. The number of nitrogens with two attached hydrogens (primary N) is 1. The minimum atomic E-state index is -0.945. The van der Waals surface area contributed by atoms with E-state index in [9.17, 15) is 9.90 Å². The van der Waals surface area contributed by atoms with E-state index >= 15 is 0 Å². The molecule has 1 aliphatic carbocycles. The number of carbonyl (C=O) groups is 1. The fraction of sp³-hybridized carbons (Fsp3) is 0.500. The highest BCUT2D eigenvalue weighted by Crippen LogP contribution is 2.47. The monoisotopic (exact) mass is 423 g/mol. The van der Waals surface area contributed by atoms with Crippen LogP contribution >= 0.6 is 0 Å². The highest BCUT2D eigenvalue weighted by Gasteiger charge is 2.32. The Labute approximate surface area is 184 Å². The van der Waals surface area contributed by atoms with Gasteiger partial charge in [0.15, 0.2) is 6.10 Å². The summed E-state index contributed by atoms with van der Waals surface area (Å²) in [5.74, 6) is 0.540. The lowest BCUT2D eigenvalue weighted by Gasteiger charge is -2.27. The van der Waals surface area contributed by atoms with Gasteiger partial charge in [-0.05, 0) is 97.9 Å². The second-order valence-corrected chi connectivity index (χ2v) is 9.68. The van der Waals surface area contributed by atoms with Crippen LogP contribution in [-0.2, 0) is 28.9 Å². The minimum Gasteiger partial charge on any atom is -0.493 e. The fourth-order valence-corrected chi connectivity index (χ4v) is 4.52. The number of ether oxygens (including phenoxy) is 2. The summed E-state index contributed by atoms with van der Waals surface area (Å²) in [7, 11) is 0. The number of hydrogen-bond donors (Lipinski definition) is 2. The normalized spacial score (nSPS) is 17.0. The van der Waals surface area contributed by atoms with Crippen LogP contribution in [0.5, 0.6) is 5.75 Å². The number of hydrogen-bond acceptors (Lipinski definition) is 4. The molecule has 0 saturated heterocycles. The standard InChI is InChI=1S/C26H33NO4/c1-26(2,3)31-23(25(28)29)14-21-19(15-27)8-10-20(16-6-7-16)24(21)18-9-11-22-17(13-18)5-4-12-30-22/h8-11,13,16,23H,4-7,12,14-15,27H2,1-3H3,(H,28,29). The van der Waals surface area contributed by atoms with Gasteiger partial charge in [0, 0.05) is 13.0 Å². The number of carboxylic acids is 1. The van der Waals surface area contributed by atoms with E-state index < -0.39 is 17.7 Å². The van der Waals surface area contributed by atoms with E-state index in [0.717, 1.165) is 47.5 Å². The molecule has 0 amide bonds. The molecule has 166 valence electrons. The van der Waals surface area contributed by atoms with Gasteiger partial charge < -0.3 is 20.3 Å². The van der Waals surface area contributed by atoms with Crippen LogP contribution in [0.1, 0.15) is 68.2 Å². The van der Waals surface area contributed by atoms with Crippen LogP contribution in [0.3, 0.4) is 0 Å². The summed E-state index contributed by atoms with van der Waals surface area (Å²) >= 11 is 0. The molecule has 31 heavy (non-hydrogen) atoms. The molecule has 1 fully saturated rings. The van der Waals surface area contributed by atoms with Crippen molar-refractivity contribution in [1.82, 2.24) is 0 Å². The average molecular weight is 424 g/mol. The molecule has 1 aliphatic heterocycles. The second-order valence-electron chi connectivity index (χ2n) is 9.68. The molecule has 1 unspecified atom stereocenters. The van der Waals surface area contributed by atoms with E-state index in [-0.39, 0.29) is 0 Å². The first-order chi connectivity index (χ1) is 14.8. The summed E-state index contributed by atoms with van der Waals surface area (Å²) in [4.78, 5) is 12.1. The number of carboxylic acid groups (broad SMARTS) is 1. The van der Waals surface area contributed by atoms with E-state index in [4.69, 9.17) is 15.2 Å². The zero-order chi connectivity index (χ0) is 22.2. The van der Waals surface area contributed by atoms with Gasteiger partial charge in [-0.3, -0.25) is 0 Å². The van der Waals surface area contributed by atoms with Gasteiger partial charge in [0.25, 0.3) is 0 Å². The summed E-state index contributed by atoms with van der Waals surface area (Å²) in [5, 5.41) is 9.90. The van der Waals surface area contributed by atoms with Crippen molar-refractivity contribution in [2.24, 2.45) is 5.73 Å². The average Bonchev–Trinajstić information content (AvgIpc) is 3.56. The smallest absolute Gasteiger partial charge is 0.333 e. The Morgan fingerprint density at radius 1 is 1.26 bits per heavy atom. The summed E-state index contributed by atoms with van der Waals surface area (Å²) in [6.07, 6.45) is 3.72. The molecule has 3 N–H and O–H groups in total. The first kappa shape index (κ1) is 21.8. The number of fused-ring (bicyclic) bond motifs is 1. The summed E-state index contributed by atoms with van der Waals surface area (Å²) in [5.41, 5.74) is 12.3. The summed E-state index contributed by atoms with van der Waals surface area (Å²) in [6.45, 7) is 6.79. The van der Waals surface area contributed by atoms with Crippen molar-refractivity contribution in [3.05, 3.63) is 52.6 Å². The molecular formula is C26H33NO4. The first-order valence-electron chi connectivity index (χ1n) is 11.3. The number of aryl methyl sites for hydroxylation is 1. The van der Waals surface area contributed by atoms with Gasteiger partial charge in [-0.1, -0.05) is 18.2 Å². The van der Waals surface area contributed by atoms with Crippen molar-refractivity contribution >= 4 is 5.97 Å². The lowest BCUT2D eigenvalue weighted by molar-refractivity contribution is -0.159. The van der Waals surface area contributed by atoms with E-state index in [1.807, 2.05) is 20.8 Å². The summed E-state index contributed by atoms with van der Waals surface area (Å²) in [6, 6.07) is 10.6. The molecule has 2 aromatic carbocycles. The van der Waals surface area contributed by atoms with Crippen molar-refractivity contribution < 1.29 is 19.4 Å². The number of rotatable bonds is 7. The molecule has 4 rings (SSSR count). The zero-order valence-corrected chi connectivity index (χ0v) is 18.7. The van der Waals surface area contributed by atoms with Crippen molar-refractivity contribution in [2.75, 3.05) is 6.61 Å². The van der Waals surface area contributed by atoms with Crippen LogP contribution in [0.25, 0.3) is 11.1 Å². The molecule has 0 aromatic heterocycles. The van der Waals surface area contributed by atoms with Crippen LogP contribution in [0.15, 0.2) is 30.3 Å². The Morgan fingerprint density at radius 3 is 2.68 bits per heavy atom. The summed E-state index contributed by atoms with van der Waals surface area (Å²) < 4.78 is 11.8. The molecular weight excluding hydrogens is 390 g/mol. The van der Waals surface area contributed by atoms with Gasteiger partial charge >= 0.3 is 5.97 Å². The maximum Gasteiger partial charge on any atom is 0.333 e. The van der Waals surface area contributed by atoms with Crippen molar-refractivity contribution in [1.29, 1.82) is 0 Å². The largest absolute Gasteiger partial charge is 0.493 e. The predicted molar refractivity (Wildman–Crippen MR) is 122 cm³/mol. The Kier molecular flexibility index (Phi) is 6.09. The third-order valence-corrected chi connectivity index (χ3v) is 6.04. The number of aliphatic carboxylic acids is 1. The molecule has 5 nitrogen and oxygen atoms in total. The lowest BCUT2D eigenvalue weighted by Crippen LogP contribution is -2.35. The van der Waals surface area contributed by atoms with E-state index in [1.165, 1.54) is 24.0 Å². The molecule has 2 aliphatic rings. The van der Waals surface area contributed by atoms with E-state index in [0.29, 0.717) is 18.9 Å². The lowest BCUT2D eigenvalue weighted by atomic mass is 9.85. The Bertz CT molecular complexity index is 972. The molecule has 1 atom stereocenters. The van der Waals surface area contributed by atoms with Crippen molar-refractivity contribution in [2.45, 2.75) is 77.0 Å². The molecule has 0 bridgehead atoms. The van der Waals surface area contributed by atoms with Crippen LogP contribution in [0.4, 0.5) is 0 Å². The topological polar surface area (TPSA) is 81.8 Å². The Morgan fingerprint density at radius 2 is 2.03 bits per heavy atom. The van der Waals surface area contributed by atoms with Crippen LogP contribution in [-0.4, -0.2) is 29.4 Å². The molecule has 1 saturated carbocycles. The highest BCUT2D eigenvalue weighted by molar-refractivity contribution is 5.78. The predicted octanol–water partition coefficient (Wildman–Crippen LogP) is 4.83. The Hall–Kier alpha value is -2.37. The first-order valence-corrected chi connectivity index (χ1v) is 11.3. The molecule has 5 heteroatoms. The third-order valence-electron chi connectivity index (χ3n) is 6.04. The number of benzene rings is 2. The quantitative estimate of drug-likeness (QED) is 0.667. The van der Waals surface area contributed by atoms with Gasteiger partial charge in [-0.15, -0.1) is 0 Å². The Balaban J connectivity index is 1.84. The molecule has 2 aromatic rings. The van der Waals surface area contributed by atoms with E-state index in [1.54, 1.807) is 0 Å². The van der Waals surface area contributed by atoms with Gasteiger partial charge in [-0.25, -0.2) is 4.79 Å². The third kappa shape index (κ3) is 4.94. The second kappa shape index (κ2) is 8.64. The van der Waals surface area contributed by atoms with Gasteiger partial charge in [0.1, 0.15) is 5.75 Å². The van der Waals surface area contributed by atoms with E-state index in [2.05, 4.69) is 30.3 Å². The SMILES string of the molecule is CC(C)(C)OC(Cc1c(CN)ccc(C2CC2)c1-c1ccc2c(c1)CCCO2)C(=O)O. The van der Waals surface area contributed by atoms with Crippen molar-refractivity contribution in [3.8, 4) is 16.9 Å². The molecule has 1 heterocycles. The van der Waals surface area contributed by atoms with Crippen LogP contribution in [0.2, 0.25) is 0 Å². The zero-order valence-electron chi connectivity index (χ0n) is 18.7. The maximum atomic E-state index is 12.1. The van der Waals surface area contributed by atoms with Gasteiger partial charge in [0.2, 0.25) is 0 Å². The fourth-order valence-electron chi connectivity index (χ4n) is 4.52.